The van der Waals surface area contributed by atoms with Crippen LogP contribution in [0.1, 0.15) is 17.5 Å². The molecule has 1 fully saturated rings. The first-order valence-electron chi connectivity index (χ1n) is 6.82. The highest BCUT2D eigenvalue weighted by atomic mass is 16.5. The third-order valence-corrected chi connectivity index (χ3v) is 3.41. The molecule has 1 aliphatic rings. The summed E-state index contributed by atoms with van der Waals surface area (Å²) < 4.78 is 5.34. The Balaban J connectivity index is 1.85. The van der Waals surface area contributed by atoms with Crippen molar-refractivity contribution >= 4 is 12.0 Å². The number of carboxylic acids is 1. The molecule has 21 heavy (non-hydrogen) atoms. The summed E-state index contributed by atoms with van der Waals surface area (Å²) in [7, 11) is 0. The van der Waals surface area contributed by atoms with Gasteiger partial charge in [-0.15, -0.1) is 0 Å². The first-order valence-corrected chi connectivity index (χ1v) is 6.82. The van der Waals surface area contributed by atoms with Gasteiger partial charge in [0.1, 0.15) is 0 Å². The highest BCUT2D eigenvalue weighted by Gasteiger charge is 2.25. The normalized spacial score (nSPS) is 18.3. The number of carbonyl (C=O) groups excluding carboxylic acids is 1. The number of ether oxygens (including phenoxy) is 1. The summed E-state index contributed by atoms with van der Waals surface area (Å²) in [6, 6.07) is 1.68. The molecule has 0 aromatic carbocycles. The fourth-order valence-electron chi connectivity index (χ4n) is 2.19. The first-order chi connectivity index (χ1) is 10.1. The maximum atomic E-state index is 12.1. The molecule has 7 nitrogen and oxygen atoms in total. The van der Waals surface area contributed by atoms with Gasteiger partial charge in [0.2, 0.25) is 0 Å². The van der Waals surface area contributed by atoms with Crippen LogP contribution in [0.2, 0.25) is 0 Å². The number of pyridine rings is 1. The van der Waals surface area contributed by atoms with E-state index >= 15 is 0 Å². The van der Waals surface area contributed by atoms with Crippen LogP contribution < -0.4 is 5.32 Å². The predicted molar refractivity (Wildman–Crippen MR) is 74.8 cm³/mol. The molecule has 1 aromatic heterocycles. The average Bonchev–Trinajstić information content (AvgIpc) is 2.45. The maximum Gasteiger partial charge on any atom is 0.317 e. The van der Waals surface area contributed by atoms with Crippen LogP contribution in [-0.4, -0.2) is 52.8 Å². The molecule has 0 radical (unpaired) electrons. The molecule has 1 aliphatic heterocycles. The van der Waals surface area contributed by atoms with Gasteiger partial charge in [0.15, 0.2) is 0 Å². The van der Waals surface area contributed by atoms with Crippen LogP contribution in [0, 0.1) is 6.92 Å². The zero-order chi connectivity index (χ0) is 15.2. The van der Waals surface area contributed by atoms with Crippen LogP contribution in [0.15, 0.2) is 18.5 Å². The number of carbonyl (C=O) groups is 2. The van der Waals surface area contributed by atoms with E-state index in [1.807, 2.05) is 13.0 Å². The van der Waals surface area contributed by atoms with Crippen molar-refractivity contribution in [2.45, 2.75) is 26.0 Å². The Morgan fingerprint density at radius 1 is 1.57 bits per heavy atom. The molecule has 0 spiro atoms. The number of urea groups is 1. The number of rotatable bonds is 4. The number of carboxylic acid groups (broad SMARTS) is 1. The summed E-state index contributed by atoms with van der Waals surface area (Å²) >= 11 is 0. The lowest BCUT2D eigenvalue weighted by molar-refractivity contribution is -0.141. The van der Waals surface area contributed by atoms with Gasteiger partial charge >= 0.3 is 12.0 Å². The zero-order valence-electron chi connectivity index (χ0n) is 11.9. The predicted octanol–water partition coefficient (Wildman–Crippen LogP) is 0.775. The van der Waals surface area contributed by atoms with Crippen molar-refractivity contribution in [2.75, 3.05) is 19.7 Å². The van der Waals surface area contributed by atoms with E-state index in [1.54, 1.807) is 17.3 Å². The molecule has 1 unspecified atom stereocenters. The number of morpholine rings is 1. The second-order valence-electron chi connectivity index (χ2n) is 5.00. The van der Waals surface area contributed by atoms with Gasteiger partial charge in [0.25, 0.3) is 0 Å². The van der Waals surface area contributed by atoms with E-state index in [-0.39, 0.29) is 12.5 Å². The Bertz CT molecular complexity index is 521. The van der Waals surface area contributed by atoms with Crippen molar-refractivity contribution in [1.29, 1.82) is 0 Å². The van der Waals surface area contributed by atoms with E-state index in [2.05, 4.69) is 10.3 Å². The van der Waals surface area contributed by atoms with Gasteiger partial charge in [-0.2, -0.15) is 0 Å². The Hall–Kier alpha value is -2.15. The quantitative estimate of drug-likeness (QED) is 0.855. The molecule has 114 valence electrons. The standard InChI is InChI=1S/C14H19N3O4/c1-10-2-3-15-7-11(10)8-16-14(20)17-4-5-21-12(9-17)6-13(18)19/h2-3,7,12H,4-6,8-9H2,1H3,(H,16,20)(H,18,19). The minimum Gasteiger partial charge on any atom is -0.481 e. The van der Waals surface area contributed by atoms with Crippen molar-refractivity contribution in [2.24, 2.45) is 0 Å². The van der Waals surface area contributed by atoms with Gasteiger partial charge < -0.3 is 20.1 Å². The second kappa shape index (κ2) is 7.03. The summed E-state index contributed by atoms with van der Waals surface area (Å²) in [5.74, 6) is -0.923. The monoisotopic (exact) mass is 293 g/mol. The molecule has 2 rings (SSSR count). The summed E-state index contributed by atoms with van der Waals surface area (Å²) in [6.45, 7) is 3.48. The van der Waals surface area contributed by atoms with E-state index in [4.69, 9.17) is 9.84 Å². The maximum absolute atomic E-state index is 12.1. The van der Waals surface area contributed by atoms with Crippen molar-refractivity contribution < 1.29 is 19.4 Å². The van der Waals surface area contributed by atoms with Crippen LogP contribution in [0.25, 0.3) is 0 Å². The van der Waals surface area contributed by atoms with Gasteiger partial charge in [0.05, 0.1) is 19.1 Å². The lowest BCUT2D eigenvalue weighted by atomic mass is 10.1. The fraction of sp³-hybridized carbons (Fsp3) is 0.500. The number of nitrogens with zero attached hydrogens (tertiary/aromatic N) is 2. The topological polar surface area (TPSA) is 91.8 Å². The van der Waals surface area contributed by atoms with E-state index in [9.17, 15) is 9.59 Å². The molecule has 0 bridgehead atoms. The van der Waals surface area contributed by atoms with Crippen molar-refractivity contribution in [3.8, 4) is 0 Å². The molecule has 2 heterocycles. The van der Waals surface area contributed by atoms with E-state index in [1.165, 1.54) is 0 Å². The lowest BCUT2D eigenvalue weighted by Gasteiger charge is -2.32. The number of nitrogens with one attached hydrogen (secondary N) is 1. The van der Waals surface area contributed by atoms with Crippen molar-refractivity contribution in [3.05, 3.63) is 29.6 Å². The Labute approximate surface area is 122 Å². The molecule has 0 saturated carbocycles. The molecule has 1 aromatic rings. The number of amides is 2. The summed E-state index contributed by atoms with van der Waals surface area (Å²) in [6.07, 6.45) is 2.90. The smallest absolute Gasteiger partial charge is 0.317 e. The average molecular weight is 293 g/mol. The summed E-state index contributed by atoms with van der Waals surface area (Å²) in [5.41, 5.74) is 2.03. The zero-order valence-corrected chi connectivity index (χ0v) is 11.9. The largest absolute Gasteiger partial charge is 0.481 e. The summed E-state index contributed by atoms with van der Waals surface area (Å²) in [4.78, 5) is 28.4. The SMILES string of the molecule is Cc1ccncc1CNC(=O)N1CCOC(CC(=O)O)C1. The van der Waals surface area contributed by atoms with Gasteiger partial charge in [-0.3, -0.25) is 9.78 Å². The highest BCUT2D eigenvalue weighted by Crippen LogP contribution is 2.10. The molecule has 0 aliphatic carbocycles. The summed E-state index contributed by atoms with van der Waals surface area (Å²) in [5, 5.41) is 11.6. The highest BCUT2D eigenvalue weighted by molar-refractivity contribution is 5.74. The lowest BCUT2D eigenvalue weighted by Crippen LogP contribution is -2.49. The molecule has 1 atom stereocenters. The molecular formula is C14H19N3O4. The second-order valence-corrected chi connectivity index (χ2v) is 5.00. The third-order valence-electron chi connectivity index (χ3n) is 3.41. The van der Waals surface area contributed by atoms with Crippen molar-refractivity contribution in [1.82, 2.24) is 15.2 Å². The molecule has 1 saturated heterocycles. The number of aliphatic carboxylic acids is 1. The molecule has 2 N–H and O–H groups in total. The van der Waals surface area contributed by atoms with Crippen LogP contribution in [0.3, 0.4) is 0 Å². The molecule has 2 amide bonds. The third kappa shape index (κ3) is 4.42. The van der Waals surface area contributed by atoms with Gasteiger partial charge in [0, 0.05) is 32.0 Å². The van der Waals surface area contributed by atoms with Crippen LogP contribution >= 0.6 is 0 Å². The Morgan fingerprint density at radius 2 is 2.38 bits per heavy atom. The van der Waals surface area contributed by atoms with Crippen molar-refractivity contribution in [3.63, 3.8) is 0 Å². The molecule has 7 heteroatoms. The van der Waals surface area contributed by atoms with E-state index in [0.717, 1.165) is 11.1 Å². The number of aryl methyl sites for hydroxylation is 1. The Morgan fingerprint density at radius 3 is 3.10 bits per heavy atom. The van der Waals surface area contributed by atoms with Gasteiger partial charge in [-0.25, -0.2) is 4.79 Å². The number of hydrogen-bond donors (Lipinski definition) is 2. The van der Waals surface area contributed by atoms with E-state index < -0.39 is 12.1 Å². The molecular weight excluding hydrogens is 274 g/mol. The first kappa shape index (κ1) is 15.2. The van der Waals surface area contributed by atoms with Crippen LogP contribution in [0.4, 0.5) is 4.79 Å². The van der Waals surface area contributed by atoms with Crippen LogP contribution in [-0.2, 0) is 16.1 Å². The number of hydrogen-bond acceptors (Lipinski definition) is 4. The minimum absolute atomic E-state index is 0.0918. The minimum atomic E-state index is -0.923. The van der Waals surface area contributed by atoms with E-state index in [0.29, 0.717) is 26.2 Å². The Kier molecular flexibility index (Phi) is 5.10. The number of aromatic nitrogens is 1. The van der Waals surface area contributed by atoms with Gasteiger partial charge in [-0.05, 0) is 24.1 Å². The fourth-order valence-corrected chi connectivity index (χ4v) is 2.19. The van der Waals surface area contributed by atoms with Crippen LogP contribution in [0.5, 0.6) is 0 Å². The van der Waals surface area contributed by atoms with Gasteiger partial charge in [-0.1, -0.05) is 0 Å².